The Morgan fingerprint density at radius 1 is 1.21 bits per heavy atom. The average molecular weight is 604 g/mol. The molecule has 0 aliphatic heterocycles. The number of nitrogens with zero attached hydrogens (tertiary/aromatic N) is 4. The van der Waals surface area contributed by atoms with Crippen molar-refractivity contribution in [1.82, 2.24) is 24.6 Å². The number of imidazole rings is 1. The van der Waals surface area contributed by atoms with E-state index in [1.54, 1.807) is 13.1 Å². The van der Waals surface area contributed by atoms with Crippen LogP contribution in [0.4, 0.5) is 8.78 Å². The highest BCUT2D eigenvalue weighted by Gasteiger charge is 2.30. The van der Waals surface area contributed by atoms with Gasteiger partial charge < -0.3 is 20.3 Å². The number of nitrogens with one attached hydrogen (secondary N) is 1. The highest BCUT2D eigenvalue weighted by molar-refractivity contribution is 5.53. The molecule has 1 atom stereocenters. The Labute approximate surface area is 256 Å². The molecule has 0 radical (unpaired) electrons. The second-order valence-corrected chi connectivity index (χ2v) is 10.8. The van der Waals surface area contributed by atoms with E-state index in [9.17, 15) is 19.0 Å². The lowest BCUT2D eigenvalue weighted by Crippen LogP contribution is -2.20. The minimum Gasteiger partial charge on any atom is -0.494 e. The molecule has 2 aromatic heterocycles. The normalized spacial score (nSPS) is 14.5. The van der Waals surface area contributed by atoms with Gasteiger partial charge in [0.1, 0.15) is 17.7 Å². The third kappa shape index (κ3) is 10.0. The molecular formula is C33H51F2N5O3. The molecule has 2 heterocycles. The van der Waals surface area contributed by atoms with E-state index in [-0.39, 0.29) is 24.7 Å². The predicted octanol–water partition coefficient (Wildman–Crippen LogP) is 7.67. The molecule has 0 aromatic carbocycles. The SMILES string of the molecule is C=Cc1ncc(C)n1/C(O)=C/C1=CC=C(F)C(F)=C(OCCc2c(C(O)C(C)(C)C)nn(CC)c2C)C1.CC.CCNC. The number of hydrogen-bond acceptors (Lipinski definition) is 6. The second kappa shape index (κ2) is 17.6. The number of rotatable bonds is 10. The predicted molar refractivity (Wildman–Crippen MR) is 172 cm³/mol. The van der Waals surface area contributed by atoms with Crippen LogP contribution in [0.2, 0.25) is 0 Å². The molecule has 8 nitrogen and oxygen atoms in total. The number of allylic oxidation sites excluding steroid dienone is 6. The fraction of sp³-hybridized carbons (Fsp3) is 0.515. The van der Waals surface area contributed by atoms with Crippen molar-refractivity contribution < 1.29 is 23.7 Å². The van der Waals surface area contributed by atoms with Gasteiger partial charge in [-0.3, -0.25) is 9.25 Å². The van der Waals surface area contributed by atoms with Crippen molar-refractivity contribution in [3.8, 4) is 0 Å². The second-order valence-electron chi connectivity index (χ2n) is 10.8. The number of hydrogen-bond donors (Lipinski definition) is 3. The molecule has 0 saturated carbocycles. The summed E-state index contributed by atoms with van der Waals surface area (Å²) in [5.74, 6) is -2.03. The first-order valence-electron chi connectivity index (χ1n) is 14.8. The van der Waals surface area contributed by atoms with Crippen LogP contribution in [-0.2, 0) is 17.7 Å². The molecule has 10 heteroatoms. The third-order valence-electron chi connectivity index (χ3n) is 6.68. The van der Waals surface area contributed by atoms with Crippen molar-refractivity contribution >= 4 is 12.0 Å². The van der Waals surface area contributed by atoms with Gasteiger partial charge in [0, 0.05) is 48.6 Å². The summed E-state index contributed by atoms with van der Waals surface area (Å²) in [5, 5.41) is 29.1. The zero-order valence-electron chi connectivity index (χ0n) is 27.6. The Kier molecular flexibility index (Phi) is 15.3. The largest absolute Gasteiger partial charge is 0.494 e. The summed E-state index contributed by atoms with van der Waals surface area (Å²) >= 11 is 0. The Balaban J connectivity index is 0.00000142. The van der Waals surface area contributed by atoms with Gasteiger partial charge in [0.2, 0.25) is 0 Å². The molecule has 2 aromatic rings. The minimum absolute atomic E-state index is 0.0559. The zero-order valence-corrected chi connectivity index (χ0v) is 27.6. The van der Waals surface area contributed by atoms with E-state index in [0.717, 1.165) is 23.9 Å². The zero-order chi connectivity index (χ0) is 32.9. The smallest absolute Gasteiger partial charge is 0.197 e. The van der Waals surface area contributed by atoms with Crippen molar-refractivity contribution in [2.45, 2.75) is 87.8 Å². The first kappa shape index (κ1) is 37.5. The van der Waals surface area contributed by atoms with Gasteiger partial charge in [-0.25, -0.2) is 13.8 Å². The van der Waals surface area contributed by atoms with Crippen LogP contribution in [-0.4, -0.2) is 49.7 Å². The lowest BCUT2D eigenvalue weighted by Gasteiger charge is -2.25. The fourth-order valence-corrected chi connectivity index (χ4v) is 4.18. The molecular weight excluding hydrogens is 552 g/mol. The van der Waals surface area contributed by atoms with Crippen molar-refractivity contribution in [2.75, 3.05) is 20.2 Å². The highest BCUT2D eigenvalue weighted by Crippen LogP contribution is 2.35. The van der Waals surface area contributed by atoms with Crippen LogP contribution in [0.25, 0.3) is 12.0 Å². The van der Waals surface area contributed by atoms with Gasteiger partial charge in [-0.2, -0.15) is 5.10 Å². The van der Waals surface area contributed by atoms with Crippen LogP contribution < -0.4 is 5.32 Å². The Bertz CT molecular complexity index is 1320. The van der Waals surface area contributed by atoms with E-state index in [1.807, 2.05) is 60.2 Å². The minimum atomic E-state index is -1.08. The molecule has 1 aliphatic carbocycles. The van der Waals surface area contributed by atoms with E-state index in [0.29, 0.717) is 35.8 Å². The van der Waals surface area contributed by atoms with Gasteiger partial charge in [0.25, 0.3) is 0 Å². The molecule has 3 rings (SSSR count). The summed E-state index contributed by atoms with van der Waals surface area (Å²) in [5.41, 5.74) is 2.99. The molecule has 240 valence electrons. The monoisotopic (exact) mass is 603 g/mol. The van der Waals surface area contributed by atoms with Crippen molar-refractivity contribution in [1.29, 1.82) is 0 Å². The summed E-state index contributed by atoms with van der Waals surface area (Å²) in [7, 11) is 1.93. The molecule has 43 heavy (non-hydrogen) atoms. The maximum absolute atomic E-state index is 14.8. The Hall–Kier alpha value is -3.50. The number of halogens is 2. The van der Waals surface area contributed by atoms with Crippen LogP contribution in [0.15, 0.2) is 54.0 Å². The quantitative estimate of drug-likeness (QED) is 0.241. The molecule has 0 saturated heterocycles. The summed E-state index contributed by atoms with van der Waals surface area (Å²) in [4.78, 5) is 4.16. The van der Waals surface area contributed by atoms with Gasteiger partial charge in [0.15, 0.2) is 17.5 Å². The van der Waals surface area contributed by atoms with Crippen molar-refractivity contribution in [3.63, 3.8) is 0 Å². The van der Waals surface area contributed by atoms with E-state index in [1.165, 1.54) is 22.8 Å². The van der Waals surface area contributed by atoms with E-state index in [4.69, 9.17) is 4.74 Å². The van der Waals surface area contributed by atoms with Gasteiger partial charge in [0.05, 0.1) is 12.3 Å². The fourth-order valence-electron chi connectivity index (χ4n) is 4.18. The van der Waals surface area contributed by atoms with Gasteiger partial charge >= 0.3 is 0 Å². The molecule has 0 spiro atoms. The maximum atomic E-state index is 14.8. The number of ether oxygens (including phenoxy) is 1. The topological polar surface area (TPSA) is 97.4 Å². The molecule has 0 amide bonds. The summed E-state index contributed by atoms with van der Waals surface area (Å²) in [6, 6.07) is 0. The molecule has 1 unspecified atom stereocenters. The number of aryl methyl sites for hydroxylation is 2. The van der Waals surface area contributed by atoms with Crippen LogP contribution >= 0.6 is 0 Å². The number of aliphatic hydroxyl groups excluding tert-OH is 2. The van der Waals surface area contributed by atoms with Gasteiger partial charge in [-0.15, -0.1) is 0 Å². The Morgan fingerprint density at radius 2 is 1.84 bits per heavy atom. The summed E-state index contributed by atoms with van der Waals surface area (Å²) < 4.78 is 38.2. The number of aliphatic hydroxyl groups is 2. The first-order chi connectivity index (χ1) is 20.3. The standard InChI is InChI=1S/C28H36F2N4O3.C3H9N.C2H6/c1-8-23-31-16-17(3)34(23)24(35)15-19-10-11-21(29)25(30)22(14-19)37-13-12-20-18(4)33(9-2)32-26(20)27(36)28(5,6)7;1-3-4-2;1-2/h8,10-11,15-16,27,35-36H,1,9,12-14H2,2-7H3;4H,3H2,1-2H3;1-2H3/b24-15-;;. The van der Waals surface area contributed by atoms with E-state index < -0.39 is 23.2 Å². The average Bonchev–Trinajstić information content (AvgIpc) is 3.49. The Morgan fingerprint density at radius 3 is 2.37 bits per heavy atom. The molecule has 0 bridgehead atoms. The number of aromatic nitrogens is 4. The lowest BCUT2D eigenvalue weighted by atomic mass is 9.85. The van der Waals surface area contributed by atoms with Crippen LogP contribution in [0.1, 0.15) is 89.5 Å². The van der Waals surface area contributed by atoms with Gasteiger partial charge in [-0.05, 0) is 57.5 Å². The first-order valence-corrected chi connectivity index (χ1v) is 14.8. The van der Waals surface area contributed by atoms with Gasteiger partial charge in [-0.1, -0.05) is 54.2 Å². The molecule has 3 N–H and O–H groups in total. The van der Waals surface area contributed by atoms with Crippen LogP contribution in [0.3, 0.4) is 0 Å². The summed E-state index contributed by atoms with van der Waals surface area (Å²) in [6.45, 7) is 23.0. The molecule has 0 fully saturated rings. The van der Waals surface area contributed by atoms with Crippen LogP contribution in [0, 0.1) is 19.3 Å². The van der Waals surface area contributed by atoms with E-state index in [2.05, 4.69) is 28.9 Å². The van der Waals surface area contributed by atoms with Crippen LogP contribution in [0.5, 0.6) is 0 Å². The lowest BCUT2D eigenvalue weighted by molar-refractivity contribution is 0.0573. The third-order valence-corrected chi connectivity index (χ3v) is 6.68. The maximum Gasteiger partial charge on any atom is 0.197 e. The van der Waals surface area contributed by atoms with Crippen molar-refractivity contribution in [3.05, 3.63) is 82.5 Å². The summed E-state index contributed by atoms with van der Waals surface area (Å²) in [6.07, 6.45) is 6.40. The molecule has 1 aliphatic rings. The van der Waals surface area contributed by atoms with E-state index >= 15 is 0 Å². The highest BCUT2D eigenvalue weighted by atomic mass is 19.2. The van der Waals surface area contributed by atoms with Crippen molar-refractivity contribution in [2.24, 2.45) is 5.41 Å².